The molecule has 0 radical (unpaired) electrons. The van der Waals surface area contributed by atoms with E-state index in [0.29, 0.717) is 12.6 Å². The van der Waals surface area contributed by atoms with E-state index in [2.05, 4.69) is 24.1 Å². The van der Waals surface area contributed by atoms with Crippen LogP contribution in [0.5, 0.6) is 0 Å². The number of rotatable bonds is 5. The van der Waals surface area contributed by atoms with E-state index in [1.807, 2.05) is 23.9 Å². The Morgan fingerprint density at radius 2 is 2.11 bits per heavy atom. The summed E-state index contributed by atoms with van der Waals surface area (Å²) in [6.45, 7) is 4.84. The van der Waals surface area contributed by atoms with Gasteiger partial charge in [0.25, 0.3) is 0 Å². The van der Waals surface area contributed by atoms with Gasteiger partial charge in [0, 0.05) is 38.4 Å². The fourth-order valence-corrected chi connectivity index (χ4v) is 1.98. The van der Waals surface area contributed by atoms with Crippen LogP contribution in [0.15, 0.2) is 30.6 Å². The lowest BCUT2D eigenvalue weighted by atomic mass is 10.0. The Morgan fingerprint density at radius 1 is 1.32 bits per heavy atom. The van der Waals surface area contributed by atoms with Gasteiger partial charge in [-0.25, -0.2) is 9.37 Å². The van der Waals surface area contributed by atoms with E-state index in [0.717, 1.165) is 23.4 Å². The molecule has 3 nitrogen and oxygen atoms in total. The molecular formula is C15H20FN3. The highest BCUT2D eigenvalue weighted by Crippen LogP contribution is 2.15. The van der Waals surface area contributed by atoms with E-state index < -0.39 is 0 Å². The molecule has 2 aromatic rings. The van der Waals surface area contributed by atoms with Gasteiger partial charge in [-0.3, -0.25) is 0 Å². The van der Waals surface area contributed by atoms with E-state index in [-0.39, 0.29) is 5.82 Å². The van der Waals surface area contributed by atoms with Crippen LogP contribution in [0.25, 0.3) is 0 Å². The predicted octanol–water partition coefficient (Wildman–Crippen LogP) is 2.65. The molecule has 0 atom stereocenters. The molecule has 0 saturated carbocycles. The normalized spacial score (nSPS) is 11.2. The number of imidazole rings is 1. The zero-order valence-electron chi connectivity index (χ0n) is 11.7. The molecule has 1 heterocycles. The third-order valence-electron chi connectivity index (χ3n) is 3.14. The van der Waals surface area contributed by atoms with E-state index in [1.54, 1.807) is 12.3 Å². The van der Waals surface area contributed by atoms with Crippen LogP contribution in [0.1, 0.15) is 30.8 Å². The fraction of sp³-hybridized carbons (Fsp3) is 0.400. The molecule has 1 N–H and O–H groups in total. The molecule has 4 heteroatoms. The van der Waals surface area contributed by atoms with Crippen LogP contribution in [0.2, 0.25) is 0 Å². The summed E-state index contributed by atoms with van der Waals surface area (Å²) in [5.74, 6) is 0.793. The summed E-state index contributed by atoms with van der Waals surface area (Å²) < 4.78 is 15.4. The Labute approximate surface area is 113 Å². The number of nitrogens with one attached hydrogen (secondary N) is 1. The maximum absolute atomic E-state index is 13.4. The van der Waals surface area contributed by atoms with Gasteiger partial charge in [0.2, 0.25) is 0 Å². The molecule has 0 unspecified atom stereocenters. The standard InChI is InChI=1S/C15H20FN3/c1-11(2)18-10-13-8-14(16)5-4-12(13)9-15-17-6-7-19(15)3/h4-8,11,18H,9-10H2,1-3H3. The highest BCUT2D eigenvalue weighted by atomic mass is 19.1. The van der Waals surface area contributed by atoms with E-state index in [1.165, 1.54) is 6.07 Å². The minimum atomic E-state index is -0.191. The molecule has 0 fully saturated rings. The maximum atomic E-state index is 13.4. The van der Waals surface area contributed by atoms with Crippen molar-refractivity contribution in [2.24, 2.45) is 7.05 Å². The molecule has 0 amide bonds. The van der Waals surface area contributed by atoms with Crippen molar-refractivity contribution in [3.8, 4) is 0 Å². The molecule has 1 aromatic heterocycles. The highest BCUT2D eigenvalue weighted by molar-refractivity contribution is 5.30. The molecule has 0 aliphatic rings. The van der Waals surface area contributed by atoms with Crippen LogP contribution in [-0.2, 0) is 20.0 Å². The Hall–Kier alpha value is -1.68. The van der Waals surface area contributed by atoms with Gasteiger partial charge in [0.05, 0.1) is 0 Å². The quantitative estimate of drug-likeness (QED) is 0.896. The Morgan fingerprint density at radius 3 is 2.74 bits per heavy atom. The van der Waals surface area contributed by atoms with Crippen LogP contribution >= 0.6 is 0 Å². The summed E-state index contributed by atoms with van der Waals surface area (Å²) in [6, 6.07) is 5.34. The summed E-state index contributed by atoms with van der Waals surface area (Å²) in [4.78, 5) is 4.32. The van der Waals surface area contributed by atoms with Gasteiger partial charge in [-0.15, -0.1) is 0 Å². The molecular weight excluding hydrogens is 241 g/mol. The number of benzene rings is 1. The van der Waals surface area contributed by atoms with Crippen LogP contribution < -0.4 is 5.32 Å². The average Bonchev–Trinajstić information content (AvgIpc) is 2.75. The Kier molecular flexibility index (Phi) is 4.32. The van der Waals surface area contributed by atoms with E-state index >= 15 is 0 Å². The lowest BCUT2D eigenvalue weighted by Gasteiger charge is -2.13. The van der Waals surface area contributed by atoms with E-state index in [4.69, 9.17) is 0 Å². The van der Waals surface area contributed by atoms with Crippen LogP contribution in [0.3, 0.4) is 0 Å². The second-order valence-electron chi connectivity index (χ2n) is 5.08. The first-order valence-corrected chi connectivity index (χ1v) is 6.53. The van der Waals surface area contributed by atoms with Gasteiger partial charge >= 0.3 is 0 Å². The monoisotopic (exact) mass is 261 g/mol. The fourth-order valence-electron chi connectivity index (χ4n) is 1.98. The molecule has 0 saturated heterocycles. The number of hydrogen-bond donors (Lipinski definition) is 1. The molecule has 0 aliphatic heterocycles. The van der Waals surface area contributed by atoms with Crippen molar-refractivity contribution in [3.63, 3.8) is 0 Å². The van der Waals surface area contributed by atoms with Crippen molar-refractivity contribution in [2.45, 2.75) is 32.9 Å². The molecule has 2 rings (SSSR count). The SMILES string of the molecule is CC(C)NCc1cc(F)ccc1Cc1nccn1C. The molecule has 0 bridgehead atoms. The number of aryl methyl sites for hydroxylation is 1. The highest BCUT2D eigenvalue weighted by Gasteiger charge is 2.08. The van der Waals surface area contributed by atoms with Crippen LogP contribution in [0.4, 0.5) is 4.39 Å². The molecule has 102 valence electrons. The van der Waals surface area contributed by atoms with Gasteiger partial charge in [0.15, 0.2) is 0 Å². The lowest BCUT2D eigenvalue weighted by molar-refractivity contribution is 0.578. The second-order valence-corrected chi connectivity index (χ2v) is 5.08. The topological polar surface area (TPSA) is 29.9 Å². The predicted molar refractivity (Wildman–Crippen MR) is 74.4 cm³/mol. The van der Waals surface area contributed by atoms with Crippen molar-refractivity contribution in [1.82, 2.24) is 14.9 Å². The largest absolute Gasteiger partial charge is 0.338 e. The minimum Gasteiger partial charge on any atom is -0.338 e. The van der Waals surface area contributed by atoms with Gasteiger partial charge < -0.3 is 9.88 Å². The van der Waals surface area contributed by atoms with Gasteiger partial charge in [0.1, 0.15) is 11.6 Å². The van der Waals surface area contributed by atoms with Crippen molar-refractivity contribution in [2.75, 3.05) is 0 Å². The van der Waals surface area contributed by atoms with Gasteiger partial charge in [-0.1, -0.05) is 19.9 Å². The summed E-state index contributed by atoms with van der Waals surface area (Å²) >= 11 is 0. The van der Waals surface area contributed by atoms with Gasteiger partial charge in [-0.05, 0) is 23.3 Å². The summed E-state index contributed by atoms with van der Waals surface area (Å²) in [7, 11) is 1.97. The Bertz CT molecular complexity index is 546. The first-order chi connectivity index (χ1) is 9.06. The maximum Gasteiger partial charge on any atom is 0.123 e. The van der Waals surface area contributed by atoms with Gasteiger partial charge in [-0.2, -0.15) is 0 Å². The third-order valence-corrected chi connectivity index (χ3v) is 3.14. The Balaban J connectivity index is 2.21. The zero-order valence-corrected chi connectivity index (χ0v) is 11.7. The van der Waals surface area contributed by atoms with Crippen LogP contribution in [0, 0.1) is 5.82 Å². The summed E-state index contributed by atoms with van der Waals surface area (Å²) in [5, 5.41) is 3.33. The molecule has 0 aliphatic carbocycles. The number of nitrogens with zero attached hydrogens (tertiary/aromatic N) is 2. The molecule has 1 aromatic carbocycles. The first-order valence-electron chi connectivity index (χ1n) is 6.53. The number of halogens is 1. The molecule has 19 heavy (non-hydrogen) atoms. The third kappa shape index (κ3) is 3.64. The van der Waals surface area contributed by atoms with Crippen molar-refractivity contribution < 1.29 is 4.39 Å². The zero-order chi connectivity index (χ0) is 13.8. The smallest absolute Gasteiger partial charge is 0.123 e. The minimum absolute atomic E-state index is 0.191. The van der Waals surface area contributed by atoms with Crippen molar-refractivity contribution >= 4 is 0 Å². The van der Waals surface area contributed by atoms with Crippen molar-refractivity contribution in [3.05, 3.63) is 53.4 Å². The number of aromatic nitrogens is 2. The molecule has 0 spiro atoms. The number of hydrogen-bond acceptors (Lipinski definition) is 2. The van der Waals surface area contributed by atoms with Crippen molar-refractivity contribution in [1.29, 1.82) is 0 Å². The average molecular weight is 261 g/mol. The lowest BCUT2D eigenvalue weighted by Crippen LogP contribution is -2.22. The van der Waals surface area contributed by atoms with E-state index in [9.17, 15) is 4.39 Å². The van der Waals surface area contributed by atoms with Crippen LogP contribution in [-0.4, -0.2) is 15.6 Å². The summed E-state index contributed by atoms with van der Waals surface area (Å²) in [6.07, 6.45) is 4.43. The summed E-state index contributed by atoms with van der Waals surface area (Å²) in [5.41, 5.74) is 2.11. The first kappa shape index (κ1) is 13.7. The second kappa shape index (κ2) is 5.97.